The van der Waals surface area contributed by atoms with Crippen molar-refractivity contribution in [1.82, 2.24) is 9.97 Å². The predicted molar refractivity (Wildman–Crippen MR) is 58.0 cm³/mol. The highest BCUT2D eigenvalue weighted by atomic mass is 16.3. The Balaban J connectivity index is 2.47. The molecule has 1 aromatic carbocycles. The van der Waals surface area contributed by atoms with Crippen molar-refractivity contribution in [2.75, 3.05) is 6.54 Å². The van der Waals surface area contributed by atoms with E-state index >= 15 is 0 Å². The number of benzene rings is 1. The lowest BCUT2D eigenvalue weighted by atomic mass is 10.0. The highest BCUT2D eigenvalue weighted by molar-refractivity contribution is 5.63. The Hall–Kier alpha value is -1.65. The van der Waals surface area contributed by atoms with Crippen molar-refractivity contribution in [3.8, 4) is 11.3 Å². The SMILES string of the molecule is NCC(O)c1ccccc1-c1cnc[nH]1. The number of nitrogens with zero attached hydrogens (tertiary/aromatic N) is 1. The zero-order valence-electron chi connectivity index (χ0n) is 8.22. The Bertz CT molecular complexity index is 425. The molecular weight excluding hydrogens is 190 g/mol. The third-order valence-electron chi connectivity index (χ3n) is 2.33. The van der Waals surface area contributed by atoms with Gasteiger partial charge in [0.1, 0.15) is 0 Å². The van der Waals surface area contributed by atoms with Crippen LogP contribution < -0.4 is 5.73 Å². The second-order valence-corrected chi connectivity index (χ2v) is 3.30. The molecule has 78 valence electrons. The molecule has 1 atom stereocenters. The van der Waals surface area contributed by atoms with Gasteiger partial charge in [0.05, 0.1) is 24.3 Å². The predicted octanol–water partition coefficient (Wildman–Crippen LogP) is 1.07. The zero-order valence-corrected chi connectivity index (χ0v) is 8.22. The molecule has 4 heteroatoms. The van der Waals surface area contributed by atoms with Gasteiger partial charge in [-0.15, -0.1) is 0 Å². The molecule has 0 radical (unpaired) electrons. The maximum atomic E-state index is 9.75. The Kier molecular flexibility index (Phi) is 2.80. The fraction of sp³-hybridized carbons (Fsp3) is 0.182. The van der Waals surface area contributed by atoms with Crippen LogP contribution in [-0.2, 0) is 0 Å². The topological polar surface area (TPSA) is 74.9 Å². The van der Waals surface area contributed by atoms with Crippen molar-refractivity contribution in [2.24, 2.45) is 5.73 Å². The summed E-state index contributed by atoms with van der Waals surface area (Å²) in [6.07, 6.45) is 2.70. The maximum Gasteiger partial charge on any atom is 0.0924 e. The standard InChI is InChI=1S/C11H13N3O/c12-5-11(15)9-4-2-1-3-8(9)10-6-13-7-14-10/h1-4,6-7,11,15H,5,12H2,(H,13,14). The van der Waals surface area contributed by atoms with Crippen LogP contribution in [0.2, 0.25) is 0 Å². The molecule has 4 N–H and O–H groups in total. The average molecular weight is 203 g/mol. The van der Waals surface area contributed by atoms with Crippen molar-refractivity contribution in [2.45, 2.75) is 6.10 Å². The summed E-state index contributed by atoms with van der Waals surface area (Å²) < 4.78 is 0. The number of aromatic nitrogens is 2. The van der Waals surface area contributed by atoms with Gasteiger partial charge in [0.2, 0.25) is 0 Å². The minimum atomic E-state index is -0.635. The second kappa shape index (κ2) is 4.25. The molecule has 0 aliphatic carbocycles. The summed E-state index contributed by atoms with van der Waals surface area (Å²) in [5, 5.41) is 9.75. The number of aliphatic hydroxyl groups is 1. The van der Waals surface area contributed by atoms with Crippen LogP contribution in [-0.4, -0.2) is 21.6 Å². The van der Waals surface area contributed by atoms with E-state index in [0.29, 0.717) is 0 Å². The van der Waals surface area contributed by atoms with E-state index < -0.39 is 6.10 Å². The van der Waals surface area contributed by atoms with Gasteiger partial charge in [0, 0.05) is 12.1 Å². The smallest absolute Gasteiger partial charge is 0.0924 e. The first-order chi connectivity index (χ1) is 7.33. The number of rotatable bonds is 3. The van der Waals surface area contributed by atoms with Crippen LogP contribution in [0.4, 0.5) is 0 Å². The minimum absolute atomic E-state index is 0.213. The van der Waals surface area contributed by atoms with Crippen LogP contribution in [0.25, 0.3) is 11.3 Å². The van der Waals surface area contributed by atoms with Gasteiger partial charge in [0.15, 0.2) is 0 Å². The lowest BCUT2D eigenvalue weighted by Crippen LogP contribution is -2.12. The number of H-pyrrole nitrogens is 1. The third-order valence-corrected chi connectivity index (χ3v) is 2.33. The van der Waals surface area contributed by atoms with Crippen LogP contribution >= 0.6 is 0 Å². The molecule has 2 rings (SSSR count). The molecule has 0 amide bonds. The van der Waals surface area contributed by atoms with Crippen LogP contribution in [0.3, 0.4) is 0 Å². The van der Waals surface area contributed by atoms with E-state index in [1.165, 1.54) is 0 Å². The van der Waals surface area contributed by atoms with Crippen LogP contribution in [0.5, 0.6) is 0 Å². The number of hydrogen-bond donors (Lipinski definition) is 3. The molecule has 0 spiro atoms. The van der Waals surface area contributed by atoms with Crippen LogP contribution in [0, 0.1) is 0 Å². The highest BCUT2D eigenvalue weighted by Crippen LogP contribution is 2.25. The fourth-order valence-corrected chi connectivity index (χ4v) is 1.56. The Morgan fingerprint density at radius 3 is 2.87 bits per heavy atom. The number of nitrogens with two attached hydrogens (primary N) is 1. The quantitative estimate of drug-likeness (QED) is 0.698. The van der Waals surface area contributed by atoms with E-state index in [1.54, 1.807) is 12.5 Å². The summed E-state index contributed by atoms with van der Waals surface area (Å²) >= 11 is 0. The highest BCUT2D eigenvalue weighted by Gasteiger charge is 2.11. The van der Waals surface area contributed by atoms with E-state index in [-0.39, 0.29) is 6.54 Å². The van der Waals surface area contributed by atoms with Gasteiger partial charge in [-0.2, -0.15) is 0 Å². The first kappa shape index (κ1) is 9.89. The van der Waals surface area contributed by atoms with Gasteiger partial charge in [-0.05, 0) is 5.56 Å². The summed E-state index contributed by atoms with van der Waals surface area (Å²) in [6, 6.07) is 7.60. The largest absolute Gasteiger partial charge is 0.387 e. The van der Waals surface area contributed by atoms with E-state index in [9.17, 15) is 5.11 Å². The molecular formula is C11H13N3O. The molecule has 0 aliphatic heterocycles. The van der Waals surface area contributed by atoms with E-state index in [0.717, 1.165) is 16.8 Å². The summed E-state index contributed by atoms with van der Waals surface area (Å²) in [7, 11) is 0. The number of hydrogen-bond acceptors (Lipinski definition) is 3. The van der Waals surface area contributed by atoms with Gasteiger partial charge < -0.3 is 15.8 Å². The molecule has 0 aliphatic rings. The van der Waals surface area contributed by atoms with E-state index in [4.69, 9.17) is 5.73 Å². The van der Waals surface area contributed by atoms with Crippen molar-refractivity contribution in [3.05, 3.63) is 42.4 Å². The summed E-state index contributed by atoms with van der Waals surface area (Å²) in [4.78, 5) is 6.97. The number of aliphatic hydroxyl groups excluding tert-OH is 1. The first-order valence-corrected chi connectivity index (χ1v) is 4.78. The molecule has 0 saturated heterocycles. The molecule has 2 aromatic rings. The van der Waals surface area contributed by atoms with Gasteiger partial charge in [0.25, 0.3) is 0 Å². The van der Waals surface area contributed by atoms with Crippen LogP contribution in [0.15, 0.2) is 36.8 Å². The number of aromatic amines is 1. The number of imidazole rings is 1. The third kappa shape index (κ3) is 1.91. The maximum absolute atomic E-state index is 9.75. The first-order valence-electron chi connectivity index (χ1n) is 4.78. The minimum Gasteiger partial charge on any atom is -0.387 e. The van der Waals surface area contributed by atoms with Gasteiger partial charge in [-0.1, -0.05) is 24.3 Å². The Morgan fingerprint density at radius 1 is 1.40 bits per heavy atom. The van der Waals surface area contributed by atoms with Crippen LogP contribution in [0.1, 0.15) is 11.7 Å². The lowest BCUT2D eigenvalue weighted by Gasteiger charge is -2.12. The van der Waals surface area contributed by atoms with Crippen molar-refractivity contribution in [1.29, 1.82) is 0 Å². The normalized spacial score (nSPS) is 12.7. The average Bonchev–Trinajstić information content (AvgIpc) is 2.81. The molecule has 15 heavy (non-hydrogen) atoms. The molecule has 1 heterocycles. The van der Waals surface area contributed by atoms with E-state index in [2.05, 4.69) is 9.97 Å². The second-order valence-electron chi connectivity index (χ2n) is 3.30. The molecule has 1 aromatic heterocycles. The molecule has 0 bridgehead atoms. The molecule has 0 fully saturated rings. The van der Waals surface area contributed by atoms with Gasteiger partial charge >= 0.3 is 0 Å². The Morgan fingerprint density at radius 2 is 2.20 bits per heavy atom. The van der Waals surface area contributed by atoms with Gasteiger partial charge in [-0.3, -0.25) is 0 Å². The molecule has 4 nitrogen and oxygen atoms in total. The number of nitrogens with one attached hydrogen (secondary N) is 1. The fourth-order valence-electron chi connectivity index (χ4n) is 1.56. The zero-order chi connectivity index (χ0) is 10.7. The van der Waals surface area contributed by atoms with Gasteiger partial charge in [-0.25, -0.2) is 4.98 Å². The van der Waals surface area contributed by atoms with Crippen molar-refractivity contribution < 1.29 is 5.11 Å². The summed E-state index contributed by atoms with van der Waals surface area (Å²) in [5.41, 5.74) is 8.10. The molecule has 0 saturated carbocycles. The van der Waals surface area contributed by atoms with Crippen molar-refractivity contribution in [3.63, 3.8) is 0 Å². The summed E-state index contributed by atoms with van der Waals surface area (Å²) in [5.74, 6) is 0. The van der Waals surface area contributed by atoms with E-state index in [1.807, 2.05) is 24.3 Å². The van der Waals surface area contributed by atoms with Crippen molar-refractivity contribution >= 4 is 0 Å². The molecule has 1 unspecified atom stereocenters. The Labute approximate surface area is 87.8 Å². The monoisotopic (exact) mass is 203 g/mol. The summed E-state index contributed by atoms with van der Waals surface area (Å²) in [6.45, 7) is 0.213. The lowest BCUT2D eigenvalue weighted by molar-refractivity contribution is 0.187.